The van der Waals surface area contributed by atoms with Crippen LogP contribution < -0.4 is 15.2 Å². The van der Waals surface area contributed by atoms with Crippen LogP contribution in [0.1, 0.15) is 28.8 Å². The monoisotopic (exact) mass is 275 g/mol. The molecule has 2 N–H and O–H groups in total. The second-order valence-corrected chi connectivity index (χ2v) is 4.24. The molecule has 2 rings (SSSR count). The second kappa shape index (κ2) is 5.69. The molecule has 5 nitrogen and oxygen atoms in total. The fourth-order valence-corrected chi connectivity index (χ4v) is 1.91. The Kier molecular flexibility index (Phi) is 3.98. The number of carbonyl (C=O) groups is 1. The van der Waals surface area contributed by atoms with Crippen molar-refractivity contribution < 1.29 is 18.7 Å². The van der Waals surface area contributed by atoms with Gasteiger partial charge in [0.1, 0.15) is 5.76 Å². The lowest BCUT2D eigenvalue weighted by Gasteiger charge is -2.11. The van der Waals surface area contributed by atoms with Gasteiger partial charge in [0.25, 0.3) is 0 Å². The Labute approximate surface area is 117 Å². The van der Waals surface area contributed by atoms with Crippen molar-refractivity contribution in [2.45, 2.75) is 13.3 Å². The zero-order valence-electron chi connectivity index (χ0n) is 11.7. The topological polar surface area (TPSA) is 74.7 Å². The number of anilines is 1. The summed E-state index contributed by atoms with van der Waals surface area (Å²) in [5.41, 5.74) is 6.55. The van der Waals surface area contributed by atoms with Crippen LogP contribution >= 0.6 is 0 Å². The van der Waals surface area contributed by atoms with Crippen molar-refractivity contribution in [3.8, 4) is 11.5 Å². The summed E-state index contributed by atoms with van der Waals surface area (Å²) in [6, 6.07) is 6.56. The Morgan fingerprint density at radius 2 is 1.85 bits per heavy atom. The molecular weight excluding hydrogens is 258 g/mol. The number of benzene rings is 1. The number of furan rings is 1. The molecule has 0 atom stereocenters. The van der Waals surface area contributed by atoms with Crippen molar-refractivity contribution >= 4 is 11.5 Å². The maximum absolute atomic E-state index is 12.4. The van der Waals surface area contributed by atoms with Crippen molar-refractivity contribution in [3.05, 3.63) is 41.3 Å². The van der Waals surface area contributed by atoms with Gasteiger partial charge in [-0.25, -0.2) is 0 Å². The number of ketones is 1. The number of nitrogen functional groups attached to an aromatic ring is 1. The molecule has 0 saturated heterocycles. The maximum Gasteiger partial charge on any atom is 0.230 e. The summed E-state index contributed by atoms with van der Waals surface area (Å²) in [5, 5.41) is 0. The molecule has 20 heavy (non-hydrogen) atoms. The molecule has 0 spiro atoms. The van der Waals surface area contributed by atoms with Crippen molar-refractivity contribution in [1.82, 2.24) is 0 Å². The minimum absolute atomic E-state index is 0.265. The number of carbonyl (C=O) groups excluding carboxylic acids is 1. The van der Waals surface area contributed by atoms with Gasteiger partial charge in [-0.1, -0.05) is 6.92 Å². The van der Waals surface area contributed by atoms with Crippen LogP contribution in [0.15, 0.2) is 28.7 Å². The van der Waals surface area contributed by atoms with Crippen LogP contribution in [-0.4, -0.2) is 20.0 Å². The number of hydrogen-bond acceptors (Lipinski definition) is 5. The molecule has 106 valence electrons. The molecule has 0 unspecified atom stereocenters. The molecular formula is C15H17NO4. The van der Waals surface area contributed by atoms with Gasteiger partial charge in [-0.2, -0.15) is 0 Å². The van der Waals surface area contributed by atoms with Crippen LogP contribution in [0.25, 0.3) is 0 Å². The maximum atomic E-state index is 12.4. The van der Waals surface area contributed by atoms with Gasteiger partial charge in [0.2, 0.25) is 5.78 Å². The summed E-state index contributed by atoms with van der Waals surface area (Å²) in [6.07, 6.45) is 0.731. The lowest BCUT2D eigenvalue weighted by atomic mass is 10.1. The van der Waals surface area contributed by atoms with E-state index in [0.29, 0.717) is 22.7 Å². The van der Waals surface area contributed by atoms with Gasteiger partial charge in [0, 0.05) is 18.2 Å². The molecule has 1 aromatic carbocycles. The fraction of sp³-hybridized carbons (Fsp3) is 0.267. The molecule has 0 aliphatic rings. The molecule has 1 aromatic heterocycles. The SMILES string of the molecule is CCc1ccc(C(=O)c2cc(OC)c(OC)cc2N)o1. The number of aryl methyl sites for hydroxylation is 1. The molecule has 0 saturated carbocycles. The van der Waals surface area contributed by atoms with Crippen LogP contribution in [0.3, 0.4) is 0 Å². The Morgan fingerprint density at radius 1 is 1.20 bits per heavy atom. The summed E-state index contributed by atoms with van der Waals surface area (Å²) in [5.74, 6) is 1.68. The Hall–Kier alpha value is -2.43. The van der Waals surface area contributed by atoms with Gasteiger partial charge in [-0.3, -0.25) is 4.79 Å². The predicted octanol–water partition coefficient (Wildman–Crippen LogP) is 2.67. The van der Waals surface area contributed by atoms with E-state index in [1.807, 2.05) is 6.92 Å². The molecule has 0 aliphatic carbocycles. The highest BCUT2D eigenvalue weighted by molar-refractivity contribution is 6.11. The molecule has 0 radical (unpaired) electrons. The van der Waals surface area contributed by atoms with Gasteiger partial charge < -0.3 is 19.6 Å². The Bertz CT molecular complexity index is 631. The largest absolute Gasteiger partial charge is 0.493 e. The number of methoxy groups -OCH3 is 2. The summed E-state index contributed by atoms with van der Waals surface area (Å²) >= 11 is 0. The predicted molar refractivity (Wildman–Crippen MR) is 75.5 cm³/mol. The van der Waals surface area contributed by atoms with E-state index >= 15 is 0 Å². The quantitative estimate of drug-likeness (QED) is 0.670. The molecule has 0 bridgehead atoms. The third kappa shape index (κ3) is 2.47. The Balaban J connectivity index is 2.43. The summed E-state index contributed by atoms with van der Waals surface area (Å²) in [6.45, 7) is 1.96. The van der Waals surface area contributed by atoms with Crippen LogP contribution in [0.4, 0.5) is 5.69 Å². The first kappa shape index (κ1) is 14.0. The molecule has 0 amide bonds. The van der Waals surface area contributed by atoms with E-state index in [1.54, 1.807) is 24.3 Å². The van der Waals surface area contributed by atoms with Gasteiger partial charge in [0.15, 0.2) is 17.3 Å². The second-order valence-electron chi connectivity index (χ2n) is 4.24. The molecule has 0 fully saturated rings. The third-order valence-corrected chi connectivity index (χ3v) is 3.03. The van der Waals surface area contributed by atoms with Crippen molar-refractivity contribution in [2.24, 2.45) is 0 Å². The first-order valence-corrected chi connectivity index (χ1v) is 6.25. The average Bonchev–Trinajstić information content (AvgIpc) is 2.95. The lowest BCUT2D eigenvalue weighted by molar-refractivity contribution is 0.101. The highest BCUT2D eigenvalue weighted by Crippen LogP contribution is 2.33. The van der Waals surface area contributed by atoms with Crippen LogP contribution in [0.2, 0.25) is 0 Å². The van der Waals surface area contributed by atoms with E-state index in [-0.39, 0.29) is 11.5 Å². The van der Waals surface area contributed by atoms with E-state index in [1.165, 1.54) is 14.2 Å². The van der Waals surface area contributed by atoms with E-state index in [4.69, 9.17) is 19.6 Å². The first-order chi connectivity index (χ1) is 9.60. The highest BCUT2D eigenvalue weighted by Gasteiger charge is 2.19. The van der Waals surface area contributed by atoms with Crippen molar-refractivity contribution in [3.63, 3.8) is 0 Å². The van der Waals surface area contributed by atoms with E-state index in [9.17, 15) is 4.79 Å². The zero-order chi connectivity index (χ0) is 14.7. The zero-order valence-corrected chi connectivity index (χ0v) is 11.7. The molecule has 1 heterocycles. The first-order valence-electron chi connectivity index (χ1n) is 6.25. The van der Waals surface area contributed by atoms with Gasteiger partial charge in [-0.15, -0.1) is 0 Å². The van der Waals surface area contributed by atoms with Crippen LogP contribution in [0, 0.1) is 0 Å². The van der Waals surface area contributed by atoms with Gasteiger partial charge >= 0.3 is 0 Å². The lowest BCUT2D eigenvalue weighted by Crippen LogP contribution is -2.06. The minimum Gasteiger partial charge on any atom is -0.493 e. The third-order valence-electron chi connectivity index (χ3n) is 3.03. The van der Waals surface area contributed by atoms with Crippen molar-refractivity contribution in [2.75, 3.05) is 20.0 Å². The smallest absolute Gasteiger partial charge is 0.230 e. The Morgan fingerprint density at radius 3 is 2.40 bits per heavy atom. The summed E-state index contributed by atoms with van der Waals surface area (Å²) in [7, 11) is 3.02. The average molecular weight is 275 g/mol. The molecule has 5 heteroatoms. The summed E-state index contributed by atoms with van der Waals surface area (Å²) in [4.78, 5) is 12.4. The fourth-order valence-electron chi connectivity index (χ4n) is 1.91. The number of nitrogens with two attached hydrogens (primary N) is 1. The molecule has 2 aromatic rings. The van der Waals surface area contributed by atoms with Gasteiger partial charge in [-0.05, 0) is 18.2 Å². The molecule has 0 aliphatic heterocycles. The van der Waals surface area contributed by atoms with Crippen LogP contribution in [-0.2, 0) is 6.42 Å². The number of hydrogen-bond donors (Lipinski definition) is 1. The van der Waals surface area contributed by atoms with Crippen molar-refractivity contribution in [1.29, 1.82) is 0 Å². The summed E-state index contributed by atoms with van der Waals surface area (Å²) < 4.78 is 15.8. The van der Waals surface area contributed by atoms with Crippen LogP contribution in [0.5, 0.6) is 11.5 Å². The van der Waals surface area contributed by atoms with E-state index in [2.05, 4.69) is 0 Å². The minimum atomic E-state index is -0.275. The highest BCUT2D eigenvalue weighted by atomic mass is 16.5. The number of ether oxygens (including phenoxy) is 2. The normalized spacial score (nSPS) is 10.3. The standard InChI is InChI=1S/C15H17NO4/c1-4-9-5-6-12(20-9)15(17)10-7-13(18-2)14(19-3)8-11(10)16/h5-8H,4,16H2,1-3H3. The number of rotatable bonds is 5. The van der Waals surface area contributed by atoms with Gasteiger partial charge in [0.05, 0.1) is 19.8 Å². The van der Waals surface area contributed by atoms with E-state index in [0.717, 1.165) is 12.2 Å². The van der Waals surface area contributed by atoms with E-state index < -0.39 is 0 Å².